The Balaban J connectivity index is 1.94. The molecular weight excluding hydrogens is 347 g/mol. The first-order valence-electron chi connectivity index (χ1n) is 7.54. The second-order valence-corrected chi connectivity index (χ2v) is 5.69. The second-order valence-electron chi connectivity index (χ2n) is 5.69. The highest BCUT2D eigenvalue weighted by Crippen LogP contribution is 2.24. The number of carbonyl (C=O) groups is 4. The van der Waals surface area contributed by atoms with E-state index >= 15 is 0 Å². The first-order chi connectivity index (χ1) is 11.6. The van der Waals surface area contributed by atoms with Crippen molar-refractivity contribution in [2.24, 2.45) is 0 Å². The molecule has 0 aromatic carbocycles. The van der Waals surface area contributed by atoms with Gasteiger partial charge in [-0.3, -0.25) is 24.2 Å². The predicted octanol–water partition coefficient (Wildman–Crippen LogP) is -1.64. The molecule has 2 rings (SSSR count). The third kappa shape index (κ3) is 4.25. The smallest absolute Gasteiger partial charge is 0.353 e. The van der Waals surface area contributed by atoms with E-state index < -0.39 is 49.1 Å². The van der Waals surface area contributed by atoms with Crippen LogP contribution in [0.1, 0.15) is 0 Å². The Hall–Kier alpha value is -2.21. The summed E-state index contributed by atoms with van der Waals surface area (Å²) in [6.07, 6.45) is -4.54. The molecule has 1 unspecified atom stereocenters. The molecule has 0 spiro atoms. The fraction of sp³-hybridized carbons (Fsp3) is 0.692. The van der Waals surface area contributed by atoms with Crippen LogP contribution in [-0.2, 0) is 14.4 Å². The van der Waals surface area contributed by atoms with Crippen molar-refractivity contribution < 1.29 is 32.3 Å². The molecule has 0 aromatic rings. The number of piperazine rings is 1. The van der Waals surface area contributed by atoms with Crippen LogP contribution in [0, 0.1) is 0 Å². The average molecular weight is 365 g/mol. The molecule has 9 nitrogen and oxygen atoms in total. The van der Waals surface area contributed by atoms with Gasteiger partial charge in [0.05, 0.1) is 0 Å². The molecular formula is C13H18F3N5O4. The normalized spacial score (nSPS) is 21.0. The lowest BCUT2D eigenvalue weighted by atomic mass is 10.2. The van der Waals surface area contributed by atoms with Gasteiger partial charge in [0.25, 0.3) is 0 Å². The summed E-state index contributed by atoms with van der Waals surface area (Å²) in [4.78, 5) is 48.5. The average Bonchev–Trinajstić information content (AvgIpc) is 2.73. The second kappa shape index (κ2) is 7.35. The van der Waals surface area contributed by atoms with Crippen molar-refractivity contribution in [1.82, 2.24) is 25.3 Å². The number of halogens is 3. The van der Waals surface area contributed by atoms with E-state index in [0.29, 0.717) is 22.9 Å². The number of urea groups is 1. The summed E-state index contributed by atoms with van der Waals surface area (Å²) in [5.74, 6) is -3.22. The molecule has 0 aliphatic carbocycles. The third-order valence-electron chi connectivity index (χ3n) is 4.02. The topological polar surface area (TPSA) is 102 Å². The number of likely N-dealkylation sites (N-methyl/N-ethyl adjacent to an activating group) is 1. The van der Waals surface area contributed by atoms with Crippen molar-refractivity contribution in [3.63, 3.8) is 0 Å². The third-order valence-corrected chi connectivity index (χ3v) is 4.02. The van der Waals surface area contributed by atoms with E-state index in [2.05, 4.69) is 10.6 Å². The highest BCUT2D eigenvalue weighted by Gasteiger charge is 2.45. The molecule has 2 heterocycles. The van der Waals surface area contributed by atoms with Crippen LogP contribution in [0.25, 0.3) is 0 Å². The zero-order chi connectivity index (χ0) is 18.8. The van der Waals surface area contributed by atoms with Crippen LogP contribution in [0.5, 0.6) is 0 Å². The molecule has 12 heteroatoms. The number of imide groups is 2. The first kappa shape index (κ1) is 19.1. The number of hydrogen-bond acceptors (Lipinski definition) is 6. The van der Waals surface area contributed by atoms with Gasteiger partial charge in [0.1, 0.15) is 12.6 Å². The molecule has 25 heavy (non-hydrogen) atoms. The van der Waals surface area contributed by atoms with Crippen LogP contribution in [0.2, 0.25) is 0 Å². The molecule has 2 N–H and O–H groups in total. The minimum Gasteiger partial charge on any atom is -0.353 e. The molecule has 1 atom stereocenters. The van der Waals surface area contributed by atoms with Crippen LogP contribution < -0.4 is 10.6 Å². The Kier molecular flexibility index (Phi) is 5.62. The van der Waals surface area contributed by atoms with Crippen LogP contribution in [0.4, 0.5) is 18.0 Å². The fourth-order valence-corrected chi connectivity index (χ4v) is 2.61. The highest BCUT2D eigenvalue weighted by atomic mass is 19.4. The molecule has 2 fully saturated rings. The summed E-state index contributed by atoms with van der Waals surface area (Å²) in [6, 6.07) is -2.85. The number of nitrogens with one attached hydrogen (secondary N) is 2. The maximum Gasteiger partial charge on any atom is 0.405 e. The van der Waals surface area contributed by atoms with Gasteiger partial charge < -0.3 is 10.6 Å². The molecule has 0 bridgehead atoms. The lowest BCUT2D eigenvalue weighted by Gasteiger charge is -2.36. The van der Waals surface area contributed by atoms with Crippen molar-refractivity contribution >= 4 is 23.8 Å². The number of nitrogens with zero attached hydrogens (tertiary/aromatic N) is 3. The van der Waals surface area contributed by atoms with Crippen LogP contribution in [0.3, 0.4) is 0 Å². The minimum absolute atomic E-state index is 0.183. The monoisotopic (exact) mass is 365 g/mol. The summed E-state index contributed by atoms with van der Waals surface area (Å²) in [7, 11) is 1.07. The van der Waals surface area contributed by atoms with E-state index in [9.17, 15) is 32.3 Å². The zero-order valence-electron chi connectivity index (χ0n) is 13.4. The van der Waals surface area contributed by atoms with E-state index in [-0.39, 0.29) is 13.1 Å². The number of alkyl halides is 3. The van der Waals surface area contributed by atoms with Crippen LogP contribution in [-0.4, -0.2) is 97.0 Å². The SMILES string of the molecule is CN1C(=O)C(=O)N(CC(=O)NCC(N2CCNCC2)C(F)(F)F)C1=O. The lowest BCUT2D eigenvalue weighted by Crippen LogP contribution is -2.58. The van der Waals surface area contributed by atoms with Gasteiger partial charge in [-0.1, -0.05) is 0 Å². The van der Waals surface area contributed by atoms with Crippen molar-refractivity contribution in [3.05, 3.63) is 0 Å². The molecule has 2 aliphatic rings. The minimum atomic E-state index is -4.54. The quantitative estimate of drug-likeness (QED) is 0.448. The Morgan fingerprint density at radius 3 is 2.28 bits per heavy atom. The number of amides is 5. The van der Waals surface area contributed by atoms with Crippen molar-refractivity contribution in [1.29, 1.82) is 0 Å². The van der Waals surface area contributed by atoms with Gasteiger partial charge in [-0.25, -0.2) is 9.69 Å². The van der Waals surface area contributed by atoms with Gasteiger partial charge in [0.2, 0.25) is 5.91 Å². The van der Waals surface area contributed by atoms with Gasteiger partial charge >= 0.3 is 24.0 Å². The number of hydrogen-bond donors (Lipinski definition) is 2. The van der Waals surface area contributed by atoms with Gasteiger partial charge in [0.15, 0.2) is 0 Å². The van der Waals surface area contributed by atoms with Crippen LogP contribution >= 0.6 is 0 Å². The van der Waals surface area contributed by atoms with E-state index in [0.717, 1.165) is 7.05 Å². The summed E-state index contributed by atoms with van der Waals surface area (Å²) < 4.78 is 39.6. The Morgan fingerprint density at radius 2 is 1.80 bits per heavy atom. The van der Waals surface area contributed by atoms with Gasteiger partial charge in [-0.05, 0) is 0 Å². The van der Waals surface area contributed by atoms with Crippen LogP contribution in [0.15, 0.2) is 0 Å². The molecule has 2 aliphatic heterocycles. The number of carbonyl (C=O) groups excluding carboxylic acids is 4. The summed E-state index contributed by atoms with van der Waals surface area (Å²) in [5.41, 5.74) is 0. The number of rotatable bonds is 5. The van der Waals surface area contributed by atoms with E-state index in [1.54, 1.807) is 0 Å². The maximum atomic E-state index is 13.2. The Labute approximate surface area is 141 Å². The van der Waals surface area contributed by atoms with Gasteiger partial charge in [-0.2, -0.15) is 13.2 Å². The summed E-state index contributed by atoms with van der Waals surface area (Å²) >= 11 is 0. The first-order valence-corrected chi connectivity index (χ1v) is 7.54. The lowest BCUT2D eigenvalue weighted by molar-refractivity contribution is -0.184. The van der Waals surface area contributed by atoms with E-state index in [1.165, 1.54) is 4.90 Å². The van der Waals surface area contributed by atoms with Crippen molar-refractivity contribution in [2.75, 3.05) is 46.3 Å². The van der Waals surface area contributed by atoms with Gasteiger partial charge in [0, 0.05) is 39.8 Å². The Morgan fingerprint density at radius 1 is 1.20 bits per heavy atom. The molecule has 140 valence electrons. The molecule has 0 radical (unpaired) electrons. The highest BCUT2D eigenvalue weighted by molar-refractivity contribution is 6.44. The molecule has 0 aromatic heterocycles. The summed E-state index contributed by atoms with van der Waals surface area (Å²) in [5, 5.41) is 5.02. The molecule has 0 saturated carbocycles. The van der Waals surface area contributed by atoms with Crippen molar-refractivity contribution in [3.8, 4) is 0 Å². The summed E-state index contributed by atoms with van der Waals surface area (Å²) in [6.45, 7) is -0.329. The van der Waals surface area contributed by atoms with E-state index in [1.807, 2.05) is 0 Å². The zero-order valence-corrected chi connectivity index (χ0v) is 13.4. The van der Waals surface area contributed by atoms with Gasteiger partial charge in [-0.15, -0.1) is 0 Å². The molecule has 5 amide bonds. The fourth-order valence-electron chi connectivity index (χ4n) is 2.61. The maximum absolute atomic E-state index is 13.2. The molecule has 2 saturated heterocycles. The Bertz CT molecular complexity index is 577. The van der Waals surface area contributed by atoms with Crippen molar-refractivity contribution in [2.45, 2.75) is 12.2 Å². The standard InChI is InChI=1S/C13H18F3N5O4/c1-19-10(23)11(24)21(12(19)25)7-9(22)18-6-8(13(14,15)16)20-4-2-17-3-5-20/h8,17H,2-7H2,1H3,(H,18,22). The predicted molar refractivity (Wildman–Crippen MR) is 77.2 cm³/mol. The largest absolute Gasteiger partial charge is 0.405 e. The van der Waals surface area contributed by atoms with E-state index in [4.69, 9.17) is 0 Å².